The molecule has 1 N–H and O–H groups in total. The van der Waals surface area contributed by atoms with Crippen LogP contribution in [0.5, 0.6) is 0 Å². The quantitative estimate of drug-likeness (QED) is 0.930. The summed E-state index contributed by atoms with van der Waals surface area (Å²) in [5.41, 5.74) is 1.72. The van der Waals surface area contributed by atoms with Gasteiger partial charge in [-0.2, -0.15) is 5.10 Å². The first-order valence-corrected chi connectivity index (χ1v) is 6.72. The van der Waals surface area contributed by atoms with Gasteiger partial charge in [0.1, 0.15) is 11.5 Å². The second kappa shape index (κ2) is 5.79. The summed E-state index contributed by atoms with van der Waals surface area (Å²) in [5, 5.41) is 7.56. The maximum Gasteiger partial charge on any atom is 0.152 e. The van der Waals surface area contributed by atoms with Crippen molar-refractivity contribution in [3.8, 4) is 0 Å². The average molecular weight is 300 g/mol. The monoisotopic (exact) mass is 299 g/mol. The minimum atomic E-state index is -0.623. The van der Waals surface area contributed by atoms with Crippen molar-refractivity contribution in [2.75, 3.05) is 5.32 Å². The molecule has 0 atom stereocenters. The number of halogens is 3. The maximum atomic E-state index is 13.9. The summed E-state index contributed by atoms with van der Waals surface area (Å²) in [7, 11) is 1.75. The molecular formula is C14H16ClF2N3. The predicted molar refractivity (Wildman–Crippen MR) is 76.0 cm³/mol. The van der Waals surface area contributed by atoms with Crippen LogP contribution in [0.1, 0.15) is 23.9 Å². The molecule has 1 heterocycles. The lowest BCUT2D eigenvalue weighted by Crippen LogP contribution is -2.09. The van der Waals surface area contributed by atoms with E-state index in [9.17, 15) is 8.78 Å². The summed E-state index contributed by atoms with van der Waals surface area (Å²) in [6.45, 7) is 3.75. The van der Waals surface area contributed by atoms with Crippen molar-refractivity contribution in [3.05, 3.63) is 45.7 Å². The number of aromatic nitrogens is 2. The van der Waals surface area contributed by atoms with E-state index in [4.69, 9.17) is 11.6 Å². The lowest BCUT2D eigenvalue weighted by Gasteiger charge is -2.10. The highest BCUT2D eigenvalue weighted by atomic mass is 35.5. The van der Waals surface area contributed by atoms with E-state index in [0.717, 1.165) is 5.69 Å². The number of benzene rings is 1. The van der Waals surface area contributed by atoms with E-state index in [1.54, 1.807) is 18.7 Å². The molecule has 0 fully saturated rings. The molecule has 0 saturated heterocycles. The summed E-state index contributed by atoms with van der Waals surface area (Å²) in [5.74, 6) is -1.21. The van der Waals surface area contributed by atoms with Crippen LogP contribution in [0.4, 0.5) is 14.5 Å². The third-order valence-corrected chi connectivity index (χ3v) is 3.66. The number of rotatable bonds is 4. The number of nitrogens with zero attached hydrogens (tertiary/aromatic N) is 2. The van der Waals surface area contributed by atoms with E-state index in [1.807, 2.05) is 6.92 Å². The molecule has 3 nitrogen and oxygen atoms in total. The number of aryl methyl sites for hydroxylation is 3. The summed E-state index contributed by atoms with van der Waals surface area (Å²) < 4.78 is 29.2. The minimum absolute atomic E-state index is 0.139. The second-order valence-electron chi connectivity index (χ2n) is 4.59. The van der Waals surface area contributed by atoms with Gasteiger partial charge in [-0.05, 0) is 25.0 Å². The van der Waals surface area contributed by atoms with Gasteiger partial charge in [0, 0.05) is 7.05 Å². The lowest BCUT2D eigenvalue weighted by molar-refractivity contribution is 0.581. The van der Waals surface area contributed by atoms with Gasteiger partial charge in [-0.3, -0.25) is 4.68 Å². The molecule has 0 aliphatic heterocycles. The van der Waals surface area contributed by atoms with Crippen LogP contribution >= 0.6 is 11.6 Å². The Kier molecular flexibility index (Phi) is 4.28. The van der Waals surface area contributed by atoms with Gasteiger partial charge in [-0.15, -0.1) is 0 Å². The van der Waals surface area contributed by atoms with Crippen LogP contribution in [0.3, 0.4) is 0 Å². The Morgan fingerprint density at radius 3 is 2.65 bits per heavy atom. The average Bonchev–Trinajstić information content (AvgIpc) is 2.70. The van der Waals surface area contributed by atoms with Crippen LogP contribution in [0.2, 0.25) is 5.02 Å². The van der Waals surface area contributed by atoms with Gasteiger partial charge in [0.15, 0.2) is 5.82 Å². The fraction of sp³-hybridized carbons (Fsp3) is 0.357. The highest BCUT2D eigenvalue weighted by molar-refractivity contribution is 6.31. The Labute approximate surface area is 121 Å². The molecule has 0 bridgehead atoms. The molecule has 2 rings (SSSR count). The number of hydrogen-bond donors (Lipinski definition) is 1. The van der Waals surface area contributed by atoms with Crippen molar-refractivity contribution in [3.63, 3.8) is 0 Å². The third-order valence-electron chi connectivity index (χ3n) is 3.22. The van der Waals surface area contributed by atoms with Crippen molar-refractivity contribution in [2.45, 2.75) is 26.8 Å². The standard InChI is InChI=1S/C14H16ClF2N3/c1-4-10-12(15)11(20(3)19-10)7-18-14-9(16)6-5-8(2)13(14)17/h5-6,18H,4,7H2,1-3H3. The zero-order valence-electron chi connectivity index (χ0n) is 11.6. The van der Waals surface area contributed by atoms with Crippen LogP contribution in [-0.4, -0.2) is 9.78 Å². The molecule has 6 heteroatoms. The lowest BCUT2D eigenvalue weighted by atomic mass is 10.2. The van der Waals surface area contributed by atoms with E-state index in [1.165, 1.54) is 12.1 Å². The largest absolute Gasteiger partial charge is 0.375 e. The van der Waals surface area contributed by atoms with E-state index < -0.39 is 11.6 Å². The molecule has 2 aromatic rings. The summed E-state index contributed by atoms with van der Waals surface area (Å²) in [4.78, 5) is 0. The van der Waals surface area contributed by atoms with Gasteiger partial charge >= 0.3 is 0 Å². The highest BCUT2D eigenvalue weighted by Crippen LogP contribution is 2.25. The summed E-state index contributed by atoms with van der Waals surface area (Å²) in [6, 6.07) is 2.64. The van der Waals surface area contributed by atoms with Crippen molar-refractivity contribution in [2.24, 2.45) is 7.05 Å². The maximum absolute atomic E-state index is 13.9. The Balaban J connectivity index is 2.26. The topological polar surface area (TPSA) is 29.9 Å². The first kappa shape index (κ1) is 14.8. The SMILES string of the molecule is CCc1nn(C)c(CNc2c(F)ccc(C)c2F)c1Cl. The van der Waals surface area contributed by atoms with Gasteiger partial charge in [-0.25, -0.2) is 8.78 Å². The van der Waals surface area contributed by atoms with Crippen molar-refractivity contribution in [1.29, 1.82) is 0 Å². The zero-order valence-corrected chi connectivity index (χ0v) is 12.4. The summed E-state index contributed by atoms with van der Waals surface area (Å²) in [6.07, 6.45) is 0.708. The highest BCUT2D eigenvalue weighted by Gasteiger charge is 2.15. The number of hydrogen-bond acceptors (Lipinski definition) is 2. The molecule has 0 aliphatic rings. The van der Waals surface area contributed by atoms with Gasteiger partial charge in [-0.1, -0.05) is 24.6 Å². The van der Waals surface area contributed by atoms with Crippen molar-refractivity contribution >= 4 is 17.3 Å². The normalized spacial score (nSPS) is 10.9. The molecule has 0 amide bonds. The molecule has 0 saturated carbocycles. The first-order valence-electron chi connectivity index (χ1n) is 6.34. The number of nitrogens with one attached hydrogen (secondary N) is 1. The second-order valence-corrected chi connectivity index (χ2v) is 4.97. The van der Waals surface area contributed by atoms with Gasteiger partial charge in [0.25, 0.3) is 0 Å². The van der Waals surface area contributed by atoms with Crippen LogP contribution in [0.25, 0.3) is 0 Å². The van der Waals surface area contributed by atoms with E-state index in [2.05, 4.69) is 10.4 Å². The van der Waals surface area contributed by atoms with E-state index in [0.29, 0.717) is 22.7 Å². The smallest absolute Gasteiger partial charge is 0.152 e. The van der Waals surface area contributed by atoms with Gasteiger partial charge < -0.3 is 5.32 Å². The Morgan fingerprint density at radius 2 is 2.05 bits per heavy atom. The van der Waals surface area contributed by atoms with Crippen LogP contribution in [-0.2, 0) is 20.0 Å². The Hall–Kier alpha value is -1.62. The molecule has 1 aromatic heterocycles. The van der Waals surface area contributed by atoms with Crippen molar-refractivity contribution in [1.82, 2.24) is 9.78 Å². The Bertz CT molecular complexity index is 638. The molecule has 20 heavy (non-hydrogen) atoms. The molecule has 0 radical (unpaired) electrons. The fourth-order valence-corrected chi connectivity index (χ4v) is 2.36. The summed E-state index contributed by atoms with van der Waals surface area (Å²) >= 11 is 6.20. The predicted octanol–water partition coefficient (Wildman–Crippen LogP) is 3.83. The van der Waals surface area contributed by atoms with E-state index >= 15 is 0 Å². The number of anilines is 1. The van der Waals surface area contributed by atoms with Crippen LogP contribution in [0, 0.1) is 18.6 Å². The molecule has 108 valence electrons. The zero-order chi connectivity index (χ0) is 14.9. The van der Waals surface area contributed by atoms with Crippen molar-refractivity contribution < 1.29 is 8.78 Å². The minimum Gasteiger partial charge on any atom is -0.375 e. The van der Waals surface area contributed by atoms with Gasteiger partial charge in [0.2, 0.25) is 0 Å². The van der Waals surface area contributed by atoms with Crippen LogP contribution in [0.15, 0.2) is 12.1 Å². The fourth-order valence-electron chi connectivity index (χ4n) is 2.00. The van der Waals surface area contributed by atoms with E-state index in [-0.39, 0.29) is 12.2 Å². The molecule has 0 aliphatic carbocycles. The molecule has 0 spiro atoms. The first-order chi connectivity index (χ1) is 9.45. The van der Waals surface area contributed by atoms with Gasteiger partial charge in [0.05, 0.1) is 23.0 Å². The van der Waals surface area contributed by atoms with Crippen LogP contribution < -0.4 is 5.32 Å². The molecular weight excluding hydrogens is 284 g/mol. The molecule has 0 unspecified atom stereocenters. The molecule has 1 aromatic carbocycles. The Morgan fingerprint density at radius 1 is 1.35 bits per heavy atom. The third kappa shape index (κ3) is 2.63.